The summed E-state index contributed by atoms with van der Waals surface area (Å²) in [5.74, 6) is -4.18. The largest absolute Gasteiger partial charge is 0.344 e. The van der Waals surface area contributed by atoms with E-state index in [4.69, 9.17) is 0 Å². The summed E-state index contributed by atoms with van der Waals surface area (Å²) in [6.45, 7) is 11.2. The number of nitrogens with one attached hydrogen (secondary N) is 4. The number of hydrogen-bond donors (Lipinski definition) is 4. The lowest BCUT2D eigenvalue weighted by Gasteiger charge is -2.34. The number of likely N-dealkylation sites (tertiary alicyclic amines) is 1. The van der Waals surface area contributed by atoms with Crippen LogP contribution < -0.4 is 21.3 Å². The number of benzene rings is 1. The maximum atomic E-state index is 14.3. The molecule has 1 saturated heterocycles. The summed E-state index contributed by atoms with van der Waals surface area (Å²) in [6, 6.07) is 5.01. The van der Waals surface area contributed by atoms with Gasteiger partial charge in [0.15, 0.2) is 0 Å². The highest BCUT2D eigenvalue weighted by Crippen LogP contribution is 2.42. The van der Waals surface area contributed by atoms with Crippen LogP contribution >= 0.6 is 0 Å². The Hall–Kier alpha value is -4.68. The van der Waals surface area contributed by atoms with E-state index < -0.39 is 65.5 Å². The first-order chi connectivity index (χ1) is 23.8. The quantitative estimate of drug-likeness (QED) is 0.206. The van der Waals surface area contributed by atoms with Crippen LogP contribution in [0.4, 0.5) is 0 Å². The molecule has 4 N–H and O–H groups in total. The zero-order chi connectivity index (χ0) is 36.5. The van der Waals surface area contributed by atoms with Crippen LogP contribution in [0.5, 0.6) is 0 Å². The Kier molecular flexibility index (Phi) is 13.2. The van der Waals surface area contributed by atoms with Gasteiger partial charge in [-0.2, -0.15) is 0 Å². The van der Waals surface area contributed by atoms with Crippen LogP contribution in [0.25, 0.3) is 0 Å². The second-order valence-electron chi connectivity index (χ2n) is 14.1. The summed E-state index contributed by atoms with van der Waals surface area (Å²) in [7, 11) is 0. The van der Waals surface area contributed by atoms with Gasteiger partial charge in [-0.3, -0.25) is 33.8 Å². The molecule has 1 saturated carbocycles. The predicted molar refractivity (Wildman–Crippen MR) is 186 cm³/mol. The number of Topliss-reactive ketones (excluding diaryl/α,β-unsaturated/α-hetero) is 1. The molecular weight excluding hydrogens is 638 g/mol. The van der Waals surface area contributed by atoms with E-state index in [-0.39, 0.29) is 35.8 Å². The molecule has 3 unspecified atom stereocenters. The number of aromatic nitrogens is 2. The summed E-state index contributed by atoms with van der Waals surface area (Å²) in [5, 5.41) is 11.2. The first-order valence-electron chi connectivity index (χ1n) is 17.7. The lowest BCUT2D eigenvalue weighted by atomic mass is 9.92. The minimum Gasteiger partial charge on any atom is -0.344 e. The Bertz CT molecular complexity index is 1520. The molecule has 2 aliphatic rings. The van der Waals surface area contributed by atoms with Gasteiger partial charge in [-0.1, -0.05) is 77.8 Å². The summed E-state index contributed by atoms with van der Waals surface area (Å²) in [5.41, 5.74) is 0.902. The van der Waals surface area contributed by atoms with Crippen molar-refractivity contribution in [3.8, 4) is 0 Å². The molecule has 0 bridgehead atoms. The highest BCUT2D eigenvalue weighted by molar-refractivity contribution is 6.38. The van der Waals surface area contributed by atoms with Gasteiger partial charge in [0.1, 0.15) is 23.8 Å². The Balaban J connectivity index is 1.49. The van der Waals surface area contributed by atoms with E-state index in [0.717, 1.165) is 24.8 Å². The average molecular weight is 690 g/mol. The number of rotatable bonds is 15. The molecule has 270 valence electrons. The molecule has 2 aromatic rings. The van der Waals surface area contributed by atoms with E-state index >= 15 is 0 Å². The van der Waals surface area contributed by atoms with Crippen LogP contribution in [-0.2, 0) is 24.0 Å². The molecule has 50 heavy (non-hydrogen) atoms. The van der Waals surface area contributed by atoms with E-state index in [9.17, 15) is 28.8 Å². The molecule has 5 amide bonds. The van der Waals surface area contributed by atoms with Crippen molar-refractivity contribution in [2.75, 3.05) is 6.54 Å². The zero-order valence-corrected chi connectivity index (χ0v) is 29.8. The fourth-order valence-electron chi connectivity index (χ4n) is 7.04. The predicted octanol–water partition coefficient (Wildman–Crippen LogP) is 2.73. The third-order valence-electron chi connectivity index (χ3n) is 9.79. The molecule has 2 heterocycles. The van der Waals surface area contributed by atoms with Gasteiger partial charge in [0.2, 0.25) is 23.5 Å². The van der Waals surface area contributed by atoms with Crippen molar-refractivity contribution in [1.82, 2.24) is 36.1 Å². The fourth-order valence-corrected chi connectivity index (χ4v) is 7.04. The smallest absolute Gasteiger partial charge is 0.290 e. The van der Waals surface area contributed by atoms with Gasteiger partial charge in [0.05, 0.1) is 18.3 Å². The van der Waals surface area contributed by atoms with E-state index in [2.05, 4.69) is 31.2 Å². The van der Waals surface area contributed by atoms with E-state index in [1.807, 2.05) is 51.1 Å². The van der Waals surface area contributed by atoms with Crippen LogP contribution in [-0.4, -0.2) is 80.9 Å². The summed E-state index contributed by atoms with van der Waals surface area (Å²) >= 11 is 0. The van der Waals surface area contributed by atoms with Crippen molar-refractivity contribution >= 4 is 35.3 Å². The van der Waals surface area contributed by atoms with Crippen molar-refractivity contribution in [1.29, 1.82) is 0 Å². The molecule has 1 aromatic heterocycles. The minimum absolute atomic E-state index is 0.0583. The van der Waals surface area contributed by atoms with Crippen molar-refractivity contribution in [3.05, 3.63) is 60.2 Å². The van der Waals surface area contributed by atoms with Crippen LogP contribution in [0.15, 0.2) is 48.9 Å². The van der Waals surface area contributed by atoms with Crippen LogP contribution in [0.1, 0.15) is 95.7 Å². The molecule has 1 aliphatic carbocycles. The Morgan fingerprint density at radius 1 is 0.860 bits per heavy atom. The van der Waals surface area contributed by atoms with Crippen LogP contribution in [0.2, 0.25) is 0 Å². The molecule has 0 spiro atoms. The topological polar surface area (TPSA) is 180 Å². The van der Waals surface area contributed by atoms with Crippen LogP contribution in [0.3, 0.4) is 0 Å². The Labute approximate surface area is 294 Å². The summed E-state index contributed by atoms with van der Waals surface area (Å²) in [6.07, 6.45) is 7.45. The number of carbonyl (C=O) groups excluding carboxylic acids is 6. The minimum atomic E-state index is -1.06. The molecule has 2 fully saturated rings. The molecule has 1 aromatic carbocycles. The lowest BCUT2D eigenvalue weighted by molar-refractivity contribution is -0.145. The maximum absolute atomic E-state index is 14.3. The molecule has 13 nitrogen and oxygen atoms in total. The number of carbonyl (C=O) groups is 6. The normalized spacial score (nSPS) is 20.7. The second kappa shape index (κ2) is 17.3. The van der Waals surface area contributed by atoms with Gasteiger partial charge in [-0.25, -0.2) is 4.98 Å². The number of amides is 5. The fraction of sp³-hybridized carbons (Fsp3) is 0.568. The highest BCUT2D eigenvalue weighted by atomic mass is 16.2. The van der Waals surface area contributed by atoms with Crippen molar-refractivity contribution in [2.24, 2.45) is 23.7 Å². The van der Waals surface area contributed by atoms with Crippen molar-refractivity contribution in [2.45, 2.75) is 104 Å². The molecule has 0 radical (unpaired) electrons. The first kappa shape index (κ1) is 38.1. The molecule has 13 heteroatoms. The van der Waals surface area contributed by atoms with Gasteiger partial charge in [-0.15, -0.1) is 0 Å². The highest BCUT2D eigenvalue weighted by Gasteiger charge is 2.51. The van der Waals surface area contributed by atoms with Gasteiger partial charge in [0.25, 0.3) is 11.8 Å². The molecular formula is C37H51N7O6. The third kappa shape index (κ3) is 9.10. The maximum Gasteiger partial charge on any atom is 0.290 e. The Morgan fingerprint density at radius 2 is 1.56 bits per heavy atom. The third-order valence-corrected chi connectivity index (χ3v) is 9.79. The molecule has 7 atom stereocenters. The zero-order valence-electron chi connectivity index (χ0n) is 29.8. The van der Waals surface area contributed by atoms with Crippen LogP contribution in [0, 0.1) is 23.7 Å². The number of hydrogen-bond acceptors (Lipinski definition) is 8. The van der Waals surface area contributed by atoms with Gasteiger partial charge in [-0.05, 0) is 55.4 Å². The Morgan fingerprint density at radius 3 is 2.18 bits per heavy atom. The molecule has 4 rings (SSSR count). The first-order valence-corrected chi connectivity index (χ1v) is 17.7. The van der Waals surface area contributed by atoms with E-state index in [1.165, 1.54) is 18.6 Å². The monoisotopic (exact) mass is 689 g/mol. The SMILES string of the molecule is CCCC(NC(=O)[C@@H]1C2CCCC2CN1C(=O)[C@@H](NC(=O)[C@@H](NC(=O)c1cnccn1)C(C)C)C(C)C)C(=O)C(=O)N[C@@H](C)c1ccccc1. The van der Waals surface area contributed by atoms with Crippen molar-refractivity contribution in [3.63, 3.8) is 0 Å². The summed E-state index contributed by atoms with van der Waals surface area (Å²) in [4.78, 5) is 90.8. The van der Waals surface area contributed by atoms with Gasteiger partial charge in [0, 0.05) is 18.9 Å². The summed E-state index contributed by atoms with van der Waals surface area (Å²) < 4.78 is 0. The van der Waals surface area contributed by atoms with Gasteiger partial charge >= 0.3 is 0 Å². The van der Waals surface area contributed by atoms with E-state index in [0.29, 0.717) is 13.0 Å². The number of nitrogens with zero attached hydrogens (tertiary/aromatic N) is 3. The number of fused-ring (bicyclic) bond motifs is 1. The van der Waals surface area contributed by atoms with E-state index in [1.54, 1.807) is 25.7 Å². The van der Waals surface area contributed by atoms with Crippen molar-refractivity contribution < 1.29 is 28.8 Å². The van der Waals surface area contributed by atoms with Gasteiger partial charge < -0.3 is 26.2 Å². The average Bonchev–Trinajstić information content (AvgIpc) is 3.71. The standard InChI is InChI=1S/C37H51N7O6/c1-7-12-27(32(45)36(49)40-23(6)24-13-9-8-10-14-24)41-35(48)31-26-16-11-15-25(26)20-44(31)37(50)30(22(4)5)43-34(47)29(21(2)3)42-33(46)28-19-38-17-18-39-28/h8-10,13-14,17-19,21-23,25-27,29-31H,7,11-12,15-16,20H2,1-6H3,(H,40,49)(H,41,48)(H,42,46)(H,43,47)/t23-,25?,26?,27?,29-,30-,31-/m0/s1. The number of ketones is 1. The lowest BCUT2D eigenvalue weighted by Crippen LogP contribution is -2.60. The molecule has 1 aliphatic heterocycles. The second-order valence-corrected chi connectivity index (χ2v) is 14.1.